The number of nitrogens with zero attached hydrogens (tertiary/aromatic N) is 5. The standard InChI is InChI=1S/C20H17FN6OS2/c1-12-9-13(2)27(26-12)17-7-8-19(25-24-17)29-11-18(28)23-20-22-16(10-30-20)14-3-5-15(21)6-4-14/h3-10H,11H2,1-2H3,(H,22,23,28). The highest BCUT2D eigenvalue weighted by molar-refractivity contribution is 7.99. The fraction of sp³-hybridized carbons (Fsp3) is 0.150. The summed E-state index contributed by atoms with van der Waals surface area (Å²) in [5, 5.41) is 18.5. The molecule has 0 saturated carbocycles. The summed E-state index contributed by atoms with van der Waals surface area (Å²) in [6, 6.07) is 11.7. The summed E-state index contributed by atoms with van der Waals surface area (Å²) < 4.78 is 14.8. The van der Waals surface area contributed by atoms with Crippen molar-refractivity contribution in [2.45, 2.75) is 18.9 Å². The lowest BCUT2D eigenvalue weighted by atomic mass is 10.2. The first-order valence-corrected chi connectivity index (χ1v) is 10.9. The Labute approximate surface area is 180 Å². The highest BCUT2D eigenvalue weighted by Crippen LogP contribution is 2.25. The summed E-state index contributed by atoms with van der Waals surface area (Å²) in [7, 11) is 0. The van der Waals surface area contributed by atoms with Crippen LogP contribution in [0.4, 0.5) is 9.52 Å². The molecule has 1 aromatic carbocycles. The van der Waals surface area contributed by atoms with Gasteiger partial charge in [0.15, 0.2) is 10.9 Å². The molecule has 0 unspecified atom stereocenters. The van der Waals surface area contributed by atoms with E-state index in [2.05, 4.69) is 25.6 Å². The molecule has 1 N–H and O–H groups in total. The normalized spacial score (nSPS) is 10.9. The van der Waals surface area contributed by atoms with Crippen LogP contribution in [0.3, 0.4) is 0 Å². The molecule has 0 spiro atoms. The van der Waals surface area contributed by atoms with E-state index < -0.39 is 0 Å². The Morgan fingerprint density at radius 3 is 2.63 bits per heavy atom. The lowest BCUT2D eigenvalue weighted by molar-refractivity contribution is -0.113. The van der Waals surface area contributed by atoms with Crippen molar-refractivity contribution < 1.29 is 9.18 Å². The topological polar surface area (TPSA) is 85.6 Å². The second-order valence-electron chi connectivity index (χ2n) is 6.45. The van der Waals surface area contributed by atoms with Crippen molar-refractivity contribution in [2.24, 2.45) is 0 Å². The average Bonchev–Trinajstić information content (AvgIpc) is 3.33. The van der Waals surface area contributed by atoms with E-state index in [0.717, 1.165) is 17.0 Å². The monoisotopic (exact) mass is 440 g/mol. The SMILES string of the molecule is Cc1cc(C)n(-c2ccc(SCC(=O)Nc3nc(-c4ccc(F)cc4)cs3)nn2)n1. The Bertz CT molecular complexity index is 1170. The van der Waals surface area contributed by atoms with E-state index in [1.165, 1.54) is 35.2 Å². The van der Waals surface area contributed by atoms with Gasteiger partial charge in [-0.05, 0) is 56.3 Å². The summed E-state index contributed by atoms with van der Waals surface area (Å²) >= 11 is 2.60. The second-order valence-corrected chi connectivity index (χ2v) is 8.30. The Morgan fingerprint density at radius 1 is 1.17 bits per heavy atom. The van der Waals surface area contributed by atoms with E-state index in [-0.39, 0.29) is 17.5 Å². The first-order chi connectivity index (χ1) is 14.5. The lowest BCUT2D eigenvalue weighted by Gasteiger charge is -2.04. The van der Waals surface area contributed by atoms with Crippen molar-refractivity contribution >= 4 is 34.1 Å². The molecule has 0 aliphatic carbocycles. The number of thioether (sulfide) groups is 1. The average molecular weight is 441 g/mol. The summed E-state index contributed by atoms with van der Waals surface area (Å²) in [4.78, 5) is 16.6. The van der Waals surface area contributed by atoms with Crippen LogP contribution in [-0.4, -0.2) is 36.6 Å². The van der Waals surface area contributed by atoms with Gasteiger partial charge >= 0.3 is 0 Å². The maximum absolute atomic E-state index is 13.0. The first kappa shape index (κ1) is 20.2. The molecule has 0 saturated heterocycles. The third-order valence-corrected chi connectivity index (χ3v) is 5.77. The Hall–Kier alpha value is -3.11. The largest absolute Gasteiger partial charge is 0.301 e. The number of carbonyl (C=O) groups is 1. The minimum absolute atomic E-state index is 0.180. The molecule has 3 heterocycles. The zero-order valence-electron chi connectivity index (χ0n) is 16.2. The van der Waals surface area contributed by atoms with Crippen LogP contribution in [0.1, 0.15) is 11.4 Å². The Balaban J connectivity index is 1.33. The number of hydrogen-bond donors (Lipinski definition) is 1. The number of aryl methyl sites for hydroxylation is 2. The quantitative estimate of drug-likeness (QED) is 0.451. The van der Waals surface area contributed by atoms with Crippen LogP contribution in [0.25, 0.3) is 17.1 Å². The van der Waals surface area contributed by atoms with Gasteiger partial charge in [-0.3, -0.25) is 4.79 Å². The first-order valence-electron chi connectivity index (χ1n) is 8.99. The van der Waals surface area contributed by atoms with E-state index in [9.17, 15) is 9.18 Å². The summed E-state index contributed by atoms with van der Waals surface area (Å²) in [6.07, 6.45) is 0. The number of rotatable bonds is 6. The number of nitrogens with one attached hydrogen (secondary N) is 1. The molecule has 0 radical (unpaired) electrons. The van der Waals surface area contributed by atoms with Gasteiger partial charge in [-0.25, -0.2) is 14.1 Å². The van der Waals surface area contributed by atoms with Gasteiger partial charge in [-0.1, -0.05) is 11.8 Å². The van der Waals surface area contributed by atoms with Crippen LogP contribution in [-0.2, 0) is 4.79 Å². The fourth-order valence-corrected chi connectivity index (χ4v) is 4.09. The number of thiazole rings is 1. The number of halogens is 1. The van der Waals surface area contributed by atoms with Crippen molar-refractivity contribution in [1.82, 2.24) is 25.0 Å². The number of carbonyl (C=O) groups excluding carboxylic acids is 1. The molecule has 0 aliphatic heterocycles. The second kappa shape index (κ2) is 8.72. The van der Waals surface area contributed by atoms with E-state index in [4.69, 9.17) is 0 Å². The number of benzene rings is 1. The van der Waals surface area contributed by atoms with Gasteiger partial charge in [0.25, 0.3) is 0 Å². The van der Waals surface area contributed by atoms with E-state index >= 15 is 0 Å². The van der Waals surface area contributed by atoms with Crippen LogP contribution >= 0.6 is 23.1 Å². The predicted octanol–water partition coefficient (Wildman–Crippen LogP) is 4.27. The minimum atomic E-state index is -0.300. The molecular weight excluding hydrogens is 423 g/mol. The number of hydrogen-bond acceptors (Lipinski definition) is 7. The van der Waals surface area contributed by atoms with Crippen molar-refractivity contribution in [2.75, 3.05) is 11.1 Å². The predicted molar refractivity (Wildman–Crippen MR) is 115 cm³/mol. The third-order valence-electron chi connectivity index (χ3n) is 4.09. The number of amides is 1. The van der Waals surface area contributed by atoms with Gasteiger partial charge in [0.05, 0.1) is 17.1 Å². The van der Waals surface area contributed by atoms with Crippen molar-refractivity contribution in [3.8, 4) is 17.1 Å². The summed E-state index contributed by atoms with van der Waals surface area (Å²) in [6.45, 7) is 3.87. The van der Waals surface area contributed by atoms with Crippen molar-refractivity contribution in [1.29, 1.82) is 0 Å². The molecule has 1 amide bonds. The molecule has 10 heteroatoms. The highest BCUT2D eigenvalue weighted by atomic mass is 32.2. The van der Waals surface area contributed by atoms with Crippen LogP contribution in [0.2, 0.25) is 0 Å². The Kier molecular flexibility index (Phi) is 5.86. The maximum atomic E-state index is 13.0. The smallest absolute Gasteiger partial charge is 0.236 e. The molecule has 4 rings (SSSR count). The molecular formula is C20H17FN6OS2. The molecule has 0 aliphatic rings. The maximum Gasteiger partial charge on any atom is 0.236 e. The van der Waals surface area contributed by atoms with Gasteiger partial charge < -0.3 is 5.32 Å². The third kappa shape index (κ3) is 4.71. The molecule has 7 nitrogen and oxygen atoms in total. The molecule has 0 bridgehead atoms. The van der Waals surface area contributed by atoms with Gasteiger partial charge in [-0.2, -0.15) is 5.10 Å². The van der Waals surface area contributed by atoms with Crippen LogP contribution in [0.5, 0.6) is 0 Å². The lowest BCUT2D eigenvalue weighted by Crippen LogP contribution is -2.14. The van der Waals surface area contributed by atoms with Crippen molar-refractivity contribution in [3.63, 3.8) is 0 Å². The van der Waals surface area contributed by atoms with E-state index in [1.807, 2.05) is 37.4 Å². The van der Waals surface area contributed by atoms with Gasteiger partial charge in [0.1, 0.15) is 10.8 Å². The van der Waals surface area contributed by atoms with Crippen LogP contribution < -0.4 is 5.32 Å². The van der Waals surface area contributed by atoms with Gasteiger partial charge in [0, 0.05) is 16.6 Å². The molecule has 152 valence electrons. The number of anilines is 1. The number of aromatic nitrogens is 5. The summed E-state index contributed by atoms with van der Waals surface area (Å²) in [5.74, 6) is 0.319. The molecule has 0 atom stereocenters. The van der Waals surface area contributed by atoms with Crippen LogP contribution in [0, 0.1) is 19.7 Å². The zero-order chi connectivity index (χ0) is 21.1. The molecule has 0 fully saturated rings. The minimum Gasteiger partial charge on any atom is -0.301 e. The van der Waals surface area contributed by atoms with Gasteiger partial charge in [0.2, 0.25) is 5.91 Å². The fourth-order valence-electron chi connectivity index (χ4n) is 2.74. The van der Waals surface area contributed by atoms with Gasteiger partial charge in [-0.15, -0.1) is 21.5 Å². The molecule has 4 aromatic rings. The van der Waals surface area contributed by atoms with E-state index in [1.54, 1.807) is 16.8 Å². The molecule has 3 aromatic heterocycles. The van der Waals surface area contributed by atoms with Crippen molar-refractivity contribution in [3.05, 3.63) is 65.0 Å². The molecule has 30 heavy (non-hydrogen) atoms. The van der Waals surface area contributed by atoms with Crippen LogP contribution in [0.15, 0.2) is 52.9 Å². The Morgan fingerprint density at radius 2 is 1.97 bits per heavy atom. The van der Waals surface area contributed by atoms with E-state index in [0.29, 0.717) is 21.7 Å². The highest BCUT2D eigenvalue weighted by Gasteiger charge is 2.11. The summed E-state index contributed by atoms with van der Waals surface area (Å²) in [5.41, 5.74) is 3.37. The zero-order valence-corrected chi connectivity index (χ0v) is 17.8.